The van der Waals surface area contributed by atoms with Crippen LogP contribution in [0.5, 0.6) is 0 Å². The molecule has 23 heavy (non-hydrogen) atoms. The fourth-order valence-electron chi connectivity index (χ4n) is 3.22. The molecule has 2 unspecified atom stereocenters. The van der Waals surface area contributed by atoms with Crippen LogP contribution in [-0.4, -0.2) is 30.2 Å². The number of carboxylic acids is 1. The normalized spacial score (nSPS) is 23.7. The molecule has 1 rings (SSSR count). The standard InChI is InChI=1S/C16H22F3NO3/c1-4-11-10(7-9(2)8-13(21)22)5-6-12(11)14(15(23)20-3)16(17,18)19/h4,9-10H,5-8H2,1-3H3,(H,20,23)(H,21,22)/b11-4-,14-12+. The predicted octanol–water partition coefficient (Wildman–Crippen LogP) is 3.45. The minimum absolute atomic E-state index is 0.0197. The summed E-state index contributed by atoms with van der Waals surface area (Å²) < 4.78 is 39.8. The lowest BCUT2D eigenvalue weighted by Gasteiger charge is -2.19. The Hall–Kier alpha value is -1.79. The third-order valence-electron chi connectivity index (χ3n) is 4.09. The molecule has 1 saturated carbocycles. The fraction of sp³-hybridized carbons (Fsp3) is 0.625. The smallest absolute Gasteiger partial charge is 0.421 e. The topological polar surface area (TPSA) is 66.4 Å². The molecule has 0 aromatic carbocycles. The van der Waals surface area contributed by atoms with Gasteiger partial charge in [0.15, 0.2) is 0 Å². The molecule has 4 nitrogen and oxygen atoms in total. The zero-order chi connectivity index (χ0) is 17.8. The number of likely N-dealkylation sites (N-methyl/N-ethyl adjacent to an activating group) is 1. The summed E-state index contributed by atoms with van der Waals surface area (Å²) in [5.41, 5.74) is -0.591. The zero-order valence-electron chi connectivity index (χ0n) is 13.5. The number of rotatable bonds is 5. The summed E-state index contributed by atoms with van der Waals surface area (Å²) in [5, 5.41) is 10.9. The van der Waals surface area contributed by atoms with Gasteiger partial charge in [-0.3, -0.25) is 9.59 Å². The minimum Gasteiger partial charge on any atom is -0.481 e. The lowest BCUT2D eigenvalue weighted by Crippen LogP contribution is -2.30. The molecule has 0 spiro atoms. The van der Waals surface area contributed by atoms with Gasteiger partial charge in [0.25, 0.3) is 5.91 Å². The highest BCUT2D eigenvalue weighted by Crippen LogP contribution is 2.44. The fourth-order valence-corrected chi connectivity index (χ4v) is 3.22. The van der Waals surface area contributed by atoms with Gasteiger partial charge < -0.3 is 10.4 Å². The second-order valence-corrected chi connectivity index (χ2v) is 5.85. The van der Waals surface area contributed by atoms with Gasteiger partial charge in [-0.2, -0.15) is 13.2 Å². The number of carbonyl (C=O) groups is 2. The Morgan fingerprint density at radius 1 is 1.43 bits per heavy atom. The molecule has 0 saturated heterocycles. The number of alkyl halides is 3. The summed E-state index contributed by atoms with van der Waals surface area (Å²) in [6, 6.07) is 0. The summed E-state index contributed by atoms with van der Waals surface area (Å²) in [6.45, 7) is 3.42. The van der Waals surface area contributed by atoms with E-state index in [1.165, 1.54) is 7.05 Å². The van der Waals surface area contributed by atoms with Crippen LogP contribution < -0.4 is 5.32 Å². The molecule has 1 fully saturated rings. The predicted molar refractivity (Wildman–Crippen MR) is 79.7 cm³/mol. The number of allylic oxidation sites excluding steroid dienone is 3. The average molecular weight is 333 g/mol. The SMILES string of the molecule is C/C=C1\C(=C(/C(=O)NC)C(F)(F)F)CCC1CC(C)CC(=O)O. The number of halogens is 3. The second kappa shape index (κ2) is 7.66. The molecule has 0 bridgehead atoms. The summed E-state index contributed by atoms with van der Waals surface area (Å²) in [7, 11) is 1.17. The average Bonchev–Trinajstić information content (AvgIpc) is 2.78. The lowest BCUT2D eigenvalue weighted by molar-refractivity contribution is -0.138. The van der Waals surface area contributed by atoms with Gasteiger partial charge in [0.2, 0.25) is 0 Å². The first kappa shape index (κ1) is 19.3. The molecule has 2 N–H and O–H groups in total. The Morgan fingerprint density at radius 3 is 2.48 bits per heavy atom. The van der Waals surface area contributed by atoms with E-state index in [2.05, 4.69) is 5.32 Å². The number of carbonyl (C=O) groups excluding carboxylic acids is 1. The van der Waals surface area contributed by atoms with Gasteiger partial charge in [-0.05, 0) is 49.2 Å². The van der Waals surface area contributed by atoms with Crippen molar-refractivity contribution < 1.29 is 27.9 Å². The lowest BCUT2D eigenvalue weighted by atomic mass is 9.88. The van der Waals surface area contributed by atoms with E-state index in [1.807, 2.05) is 0 Å². The number of carboxylic acid groups (broad SMARTS) is 1. The van der Waals surface area contributed by atoms with Crippen molar-refractivity contribution in [3.63, 3.8) is 0 Å². The molecule has 1 amide bonds. The molecule has 0 aliphatic heterocycles. The molecule has 130 valence electrons. The third kappa shape index (κ3) is 4.84. The molecule has 0 aromatic heterocycles. The van der Waals surface area contributed by atoms with Crippen LogP contribution in [0.3, 0.4) is 0 Å². The molecule has 0 radical (unpaired) electrons. The van der Waals surface area contributed by atoms with Gasteiger partial charge in [-0.25, -0.2) is 0 Å². The molecular weight excluding hydrogens is 311 g/mol. The Morgan fingerprint density at radius 2 is 2.04 bits per heavy atom. The Bertz CT molecular complexity index is 535. The maximum absolute atomic E-state index is 13.3. The van der Waals surface area contributed by atoms with Crippen molar-refractivity contribution in [3.05, 3.63) is 22.8 Å². The van der Waals surface area contributed by atoms with Crippen LogP contribution in [0, 0.1) is 11.8 Å². The number of nitrogens with one attached hydrogen (secondary N) is 1. The number of hydrogen-bond acceptors (Lipinski definition) is 2. The van der Waals surface area contributed by atoms with Crippen LogP contribution in [0.15, 0.2) is 22.8 Å². The van der Waals surface area contributed by atoms with Crippen molar-refractivity contribution in [1.29, 1.82) is 0 Å². The van der Waals surface area contributed by atoms with E-state index in [4.69, 9.17) is 5.11 Å². The first-order chi connectivity index (χ1) is 10.6. The van der Waals surface area contributed by atoms with Crippen LogP contribution >= 0.6 is 0 Å². The van der Waals surface area contributed by atoms with Crippen molar-refractivity contribution in [2.45, 2.75) is 45.7 Å². The van der Waals surface area contributed by atoms with Crippen molar-refractivity contribution in [1.82, 2.24) is 5.32 Å². The van der Waals surface area contributed by atoms with Crippen LogP contribution in [0.2, 0.25) is 0 Å². The summed E-state index contributed by atoms with van der Waals surface area (Å²) in [6.07, 6.45) is -1.97. The van der Waals surface area contributed by atoms with Crippen molar-refractivity contribution in [2.75, 3.05) is 7.05 Å². The van der Waals surface area contributed by atoms with Crippen molar-refractivity contribution in [2.24, 2.45) is 11.8 Å². The van der Waals surface area contributed by atoms with Crippen LogP contribution in [0.25, 0.3) is 0 Å². The van der Waals surface area contributed by atoms with Gasteiger partial charge in [0, 0.05) is 13.5 Å². The first-order valence-corrected chi connectivity index (χ1v) is 7.52. The highest BCUT2D eigenvalue weighted by atomic mass is 19.4. The van der Waals surface area contributed by atoms with E-state index >= 15 is 0 Å². The molecule has 7 heteroatoms. The summed E-state index contributed by atoms with van der Waals surface area (Å²) in [4.78, 5) is 22.4. The third-order valence-corrected chi connectivity index (χ3v) is 4.09. The van der Waals surface area contributed by atoms with E-state index in [0.717, 1.165) is 0 Å². The quantitative estimate of drug-likeness (QED) is 0.757. The Kier molecular flexibility index (Phi) is 6.41. The second-order valence-electron chi connectivity index (χ2n) is 5.85. The van der Waals surface area contributed by atoms with Crippen LogP contribution in [0.1, 0.15) is 39.5 Å². The first-order valence-electron chi connectivity index (χ1n) is 7.52. The summed E-state index contributed by atoms with van der Waals surface area (Å²) >= 11 is 0. The monoisotopic (exact) mass is 333 g/mol. The van der Waals surface area contributed by atoms with Crippen molar-refractivity contribution >= 4 is 11.9 Å². The highest BCUT2D eigenvalue weighted by Gasteiger charge is 2.43. The molecule has 1 aliphatic carbocycles. The van der Waals surface area contributed by atoms with Crippen LogP contribution in [0.4, 0.5) is 13.2 Å². The van der Waals surface area contributed by atoms with E-state index in [0.29, 0.717) is 18.4 Å². The largest absolute Gasteiger partial charge is 0.481 e. The number of hydrogen-bond donors (Lipinski definition) is 2. The maximum Gasteiger partial charge on any atom is 0.421 e. The Balaban J connectivity index is 3.13. The van der Waals surface area contributed by atoms with Gasteiger partial charge in [-0.1, -0.05) is 13.0 Å². The van der Waals surface area contributed by atoms with Crippen LogP contribution in [-0.2, 0) is 9.59 Å². The Labute approximate surface area is 133 Å². The van der Waals surface area contributed by atoms with Gasteiger partial charge in [0.05, 0.1) is 0 Å². The van der Waals surface area contributed by atoms with Gasteiger partial charge in [-0.15, -0.1) is 0 Å². The van der Waals surface area contributed by atoms with E-state index < -0.39 is 23.6 Å². The molecule has 0 heterocycles. The molecule has 1 aliphatic rings. The molecule has 2 atom stereocenters. The minimum atomic E-state index is -4.72. The molecular formula is C16H22F3NO3. The van der Waals surface area contributed by atoms with E-state index in [9.17, 15) is 22.8 Å². The highest BCUT2D eigenvalue weighted by molar-refractivity contribution is 5.96. The van der Waals surface area contributed by atoms with E-state index in [1.54, 1.807) is 19.9 Å². The number of amides is 1. The van der Waals surface area contributed by atoms with Gasteiger partial charge in [0.1, 0.15) is 5.57 Å². The summed E-state index contributed by atoms with van der Waals surface area (Å²) in [5.74, 6) is -2.34. The zero-order valence-corrected chi connectivity index (χ0v) is 13.5. The maximum atomic E-state index is 13.3. The number of aliphatic carboxylic acids is 1. The van der Waals surface area contributed by atoms with E-state index in [-0.39, 0.29) is 30.3 Å². The van der Waals surface area contributed by atoms with Gasteiger partial charge >= 0.3 is 12.1 Å². The molecule has 0 aromatic rings. The van der Waals surface area contributed by atoms with Crippen molar-refractivity contribution in [3.8, 4) is 0 Å².